The highest BCUT2D eigenvalue weighted by Gasteiger charge is 2.29. The van der Waals surface area contributed by atoms with Crippen LogP contribution in [0.3, 0.4) is 0 Å². The van der Waals surface area contributed by atoms with Gasteiger partial charge in [-0.15, -0.1) is 0 Å². The van der Waals surface area contributed by atoms with Crippen LogP contribution in [0.15, 0.2) is 12.4 Å². The van der Waals surface area contributed by atoms with Crippen molar-refractivity contribution in [1.29, 1.82) is 0 Å². The van der Waals surface area contributed by atoms with E-state index in [0.29, 0.717) is 24.6 Å². The van der Waals surface area contributed by atoms with Crippen LogP contribution in [-0.2, 0) is 4.74 Å². The molecular formula is C12H19N3O2. The van der Waals surface area contributed by atoms with E-state index in [0.717, 1.165) is 25.1 Å². The van der Waals surface area contributed by atoms with E-state index in [1.165, 1.54) is 6.33 Å². The molecular weight excluding hydrogens is 218 g/mol. The van der Waals surface area contributed by atoms with Gasteiger partial charge in [0.05, 0.1) is 12.7 Å². The molecule has 94 valence electrons. The topological polar surface area (TPSA) is 56.3 Å². The van der Waals surface area contributed by atoms with Crippen LogP contribution in [0.5, 0.6) is 5.88 Å². The fraction of sp³-hybridized carbons (Fsp3) is 0.667. The summed E-state index contributed by atoms with van der Waals surface area (Å²) in [6.07, 6.45) is 4.97. The number of hydrogen-bond donors (Lipinski definition) is 1. The van der Waals surface area contributed by atoms with Gasteiger partial charge >= 0.3 is 0 Å². The summed E-state index contributed by atoms with van der Waals surface area (Å²) in [5.74, 6) is 1.46. The first-order valence-corrected chi connectivity index (χ1v) is 6.06. The van der Waals surface area contributed by atoms with Gasteiger partial charge in [-0.05, 0) is 19.3 Å². The molecule has 0 spiro atoms. The molecule has 1 aliphatic rings. The van der Waals surface area contributed by atoms with E-state index in [9.17, 15) is 0 Å². The molecule has 0 aromatic carbocycles. The Kier molecular flexibility index (Phi) is 4.14. The SMILES string of the molecule is CCCOc1cc(NC2CC(OC)C2)ncn1. The van der Waals surface area contributed by atoms with Crippen LogP contribution in [0.4, 0.5) is 5.82 Å². The average Bonchev–Trinajstić information content (AvgIpc) is 2.31. The summed E-state index contributed by atoms with van der Waals surface area (Å²) in [6.45, 7) is 2.76. The Balaban J connectivity index is 1.84. The van der Waals surface area contributed by atoms with Crippen LogP contribution in [0.1, 0.15) is 26.2 Å². The number of rotatable bonds is 6. The van der Waals surface area contributed by atoms with Crippen molar-refractivity contribution < 1.29 is 9.47 Å². The molecule has 2 rings (SSSR count). The van der Waals surface area contributed by atoms with E-state index < -0.39 is 0 Å². The molecule has 0 bridgehead atoms. The lowest BCUT2D eigenvalue weighted by Gasteiger charge is -2.34. The summed E-state index contributed by atoms with van der Waals surface area (Å²) in [5.41, 5.74) is 0. The van der Waals surface area contributed by atoms with E-state index in [2.05, 4.69) is 22.2 Å². The van der Waals surface area contributed by atoms with Gasteiger partial charge in [0, 0.05) is 19.2 Å². The van der Waals surface area contributed by atoms with Crippen LogP contribution < -0.4 is 10.1 Å². The highest BCUT2D eigenvalue weighted by molar-refractivity contribution is 5.38. The average molecular weight is 237 g/mol. The lowest BCUT2D eigenvalue weighted by molar-refractivity contribution is 0.0328. The van der Waals surface area contributed by atoms with Crippen LogP contribution in [-0.4, -0.2) is 35.8 Å². The summed E-state index contributed by atoms with van der Waals surface area (Å²) >= 11 is 0. The number of ether oxygens (including phenoxy) is 2. The summed E-state index contributed by atoms with van der Waals surface area (Å²) in [5, 5.41) is 3.35. The first-order chi connectivity index (χ1) is 8.31. The first kappa shape index (κ1) is 12.1. The number of nitrogens with one attached hydrogen (secondary N) is 1. The third kappa shape index (κ3) is 3.30. The van der Waals surface area contributed by atoms with Crippen molar-refractivity contribution in [3.63, 3.8) is 0 Å². The van der Waals surface area contributed by atoms with Gasteiger partial charge < -0.3 is 14.8 Å². The zero-order valence-electron chi connectivity index (χ0n) is 10.3. The van der Waals surface area contributed by atoms with Gasteiger partial charge in [0.15, 0.2) is 0 Å². The monoisotopic (exact) mass is 237 g/mol. The van der Waals surface area contributed by atoms with Crippen molar-refractivity contribution in [1.82, 2.24) is 9.97 Å². The lowest BCUT2D eigenvalue weighted by atomic mass is 9.89. The van der Waals surface area contributed by atoms with Crippen molar-refractivity contribution in [2.45, 2.75) is 38.3 Å². The number of methoxy groups -OCH3 is 1. The minimum Gasteiger partial charge on any atom is -0.478 e. The molecule has 1 aromatic heterocycles. The van der Waals surface area contributed by atoms with E-state index in [-0.39, 0.29) is 0 Å². The molecule has 0 amide bonds. The largest absolute Gasteiger partial charge is 0.478 e. The summed E-state index contributed by atoms with van der Waals surface area (Å²) in [6, 6.07) is 2.30. The van der Waals surface area contributed by atoms with Gasteiger partial charge in [-0.25, -0.2) is 9.97 Å². The normalized spacial score (nSPS) is 22.9. The van der Waals surface area contributed by atoms with Crippen molar-refractivity contribution >= 4 is 5.82 Å². The van der Waals surface area contributed by atoms with Gasteiger partial charge in [0.25, 0.3) is 0 Å². The standard InChI is InChI=1S/C12H19N3O2/c1-3-4-17-12-7-11(13-8-14-12)15-9-5-10(6-9)16-2/h7-10H,3-6H2,1-2H3,(H,13,14,15). The fourth-order valence-electron chi connectivity index (χ4n) is 1.79. The minimum atomic E-state index is 0.394. The van der Waals surface area contributed by atoms with Crippen LogP contribution in [0.2, 0.25) is 0 Å². The Morgan fingerprint density at radius 2 is 2.24 bits per heavy atom. The fourth-order valence-corrected chi connectivity index (χ4v) is 1.79. The van der Waals surface area contributed by atoms with E-state index >= 15 is 0 Å². The van der Waals surface area contributed by atoms with Crippen LogP contribution in [0, 0.1) is 0 Å². The highest BCUT2D eigenvalue weighted by atomic mass is 16.5. The van der Waals surface area contributed by atoms with Gasteiger partial charge in [-0.2, -0.15) is 0 Å². The van der Waals surface area contributed by atoms with Gasteiger partial charge in [-0.3, -0.25) is 0 Å². The van der Waals surface area contributed by atoms with Gasteiger partial charge in [0.2, 0.25) is 5.88 Å². The van der Waals surface area contributed by atoms with E-state index in [1.807, 2.05) is 6.07 Å². The second-order valence-corrected chi connectivity index (χ2v) is 4.26. The third-order valence-corrected chi connectivity index (χ3v) is 2.88. The Morgan fingerprint density at radius 1 is 1.41 bits per heavy atom. The summed E-state index contributed by atoms with van der Waals surface area (Å²) < 4.78 is 10.7. The molecule has 5 heteroatoms. The molecule has 17 heavy (non-hydrogen) atoms. The maximum absolute atomic E-state index is 5.46. The predicted octanol–water partition coefficient (Wildman–Crippen LogP) is 1.85. The molecule has 1 saturated carbocycles. The Bertz CT molecular complexity index is 353. The zero-order valence-corrected chi connectivity index (χ0v) is 10.3. The summed E-state index contributed by atoms with van der Waals surface area (Å²) in [4.78, 5) is 8.24. The molecule has 5 nitrogen and oxygen atoms in total. The molecule has 1 aromatic rings. The molecule has 0 atom stereocenters. The number of aromatic nitrogens is 2. The van der Waals surface area contributed by atoms with E-state index in [1.54, 1.807) is 7.11 Å². The van der Waals surface area contributed by atoms with Crippen molar-refractivity contribution in [2.75, 3.05) is 19.0 Å². The van der Waals surface area contributed by atoms with Crippen molar-refractivity contribution in [2.24, 2.45) is 0 Å². The number of nitrogens with zero attached hydrogens (tertiary/aromatic N) is 2. The smallest absolute Gasteiger partial charge is 0.218 e. The highest BCUT2D eigenvalue weighted by Crippen LogP contribution is 2.26. The Morgan fingerprint density at radius 3 is 2.94 bits per heavy atom. The lowest BCUT2D eigenvalue weighted by Crippen LogP contribution is -2.40. The zero-order chi connectivity index (χ0) is 12.1. The molecule has 0 saturated heterocycles. The molecule has 1 fully saturated rings. The Hall–Kier alpha value is -1.36. The van der Waals surface area contributed by atoms with Crippen LogP contribution >= 0.6 is 0 Å². The van der Waals surface area contributed by atoms with Crippen molar-refractivity contribution in [3.8, 4) is 5.88 Å². The van der Waals surface area contributed by atoms with Gasteiger partial charge in [-0.1, -0.05) is 6.92 Å². The third-order valence-electron chi connectivity index (χ3n) is 2.88. The quantitative estimate of drug-likeness (QED) is 0.818. The number of anilines is 1. The molecule has 1 heterocycles. The molecule has 0 aliphatic heterocycles. The molecule has 0 radical (unpaired) electrons. The second-order valence-electron chi connectivity index (χ2n) is 4.26. The first-order valence-electron chi connectivity index (χ1n) is 6.06. The molecule has 1 aliphatic carbocycles. The van der Waals surface area contributed by atoms with Crippen LogP contribution in [0.25, 0.3) is 0 Å². The van der Waals surface area contributed by atoms with Gasteiger partial charge in [0.1, 0.15) is 12.1 Å². The molecule has 1 N–H and O–H groups in total. The van der Waals surface area contributed by atoms with E-state index in [4.69, 9.17) is 9.47 Å². The summed E-state index contributed by atoms with van der Waals surface area (Å²) in [7, 11) is 1.75. The maximum atomic E-state index is 5.46. The number of hydrogen-bond acceptors (Lipinski definition) is 5. The molecule has 0 unspecified atom stereocenters. The maximum Gasteiger partial charge on any atom is 0.218 e. The minimum absolute atomic E-state index is 0.394. The second kappa shape index (κ2) is 5.82. The van der Waals surface area contributed by atoms with Crippen molar-refractivity contribution in [3.05, 3.63) is 12.4 Å². The Labute approximate surface area is 102 Å². The predicted molar refractivity (Wildman–Crippen MR) is 65.3 cm³/mol.